The van der Waals surface area contributed by atoms with E-state index in [0.717, 1.165) is 6.92 Å². The van der Waals surface area contributed by atoms with E-state index in [2.05, 4.69) is 0 Å². The van der Waals surface area contributed by atoms with Crippen molar-refractivity contribution in [3.05, 3.63) is 28.8 Å². The molecule has 0 bridgehead atoms. The Morgan fingerprint density at radius 1 is 0.733 bits per heavy atom. The third-order valence-corrected chi connectivity index (χ3v) is 7.77. The molecule has 0 N–H and O–H groups in total. The molecule has 0 fully saturated rings. The van der Waals surface area contributed by atoms with E-state index in [1.807, 2.05) is 0 Å². The zero-order chi connectivity index (χ0) is 12.0. The summed E-state index contributed by atoms with van der Waals surface area (Å²) in [5.41, 5.74) is -0.593. The Labute approximate surface area is 90.2 Å². The molecule has 1 aromatic rings. The number of hydrogen-bond acceptors (Lipinski definition) is 0. The molecular formula is C10H12F4Sn. The van der Waals surface area contributed by atoms with Crippen LogP contribution in [0.1, 0.15) is 5.56 Å². The van der Waals surface area contributed by atoms with E-state index in [-0.39, 0.29) is 3.58 Å². The van der Waals surface area contributed by atoms with Gasteiger partial charge in [0.25, 0.3) is 0 Å². The first-order valence-electron chi connectivity index (χ1n) is 4.51. The van der Waals surface area contributed by atoms with E-state index in [9.17, 15) is 17.6 Å². The Kier molecular flexibility index (Phi) is 3.38. The molecule has 0 aliphatic rings. The second-order valence-electron chi connectivity index (χ2n) is 4.51. The van der Waals surface area contributed by atoms with Crippen LogP contribution in [0.3, 0.4) is 0 Å². The fourth-order valence-corrected chi connectivity index (χ4v) is 5.79. The normalized spacial score (nSPS) is 12.0. The van der Waals surface area contributed by atoms with Gasteiger partial charge in [-0.05, 0) is 0 Å². The van der Waals surface area contributed by atoms with Gasteiger partial charge in [-0.2, -0.15) is 0 Å². The first kappa shape index (κ1) is 12.8. The van der Waals surface area contributed by atoms with Crippen LogP contribution in [0.2, 0.25) is 14.8 Å². The quantitative estimate of drug-likeness (QED) is 0.422. The van der Waals surface area contributed by atoms with E-state index in [4.69, 9.17) is 0 Å². The number of rotatable bonds is 1. The molecule has 0 amide bonds. The van der Waals surface area contributed by atoms with Gasteiger partial charge in [-0.3, -0.25) is 0 Å². The molecule has 15 heavy (non-hydrogen) atoms. The summed E-state index contributed by atoms with van der Waals surface area (Å²) >= 11 is -3.18. The van der Waals surface area contributed by atoms with Crippen LogP contribution in [0.5, 0.6) is 0 Å². The fraction of sp³-hybridized carbons (Fsp3) is 0.400. The van der Waals surface area contributed by atoms with Gasteiger partial charge in [0.05, 0.1) is 0 Å². The van der Waals surface area contributed by atoms with Crippen molar-refractivity contribution >= 4 is 22.0 Å². The summed E-state index contributed by atoms with van der Waals surface area (Å²) in [7, 11) is 0. The summed E-state index contributed by atoms with van der Waals surface area (Å²) in [6.45, 7) is 1.03. The number of halogens is 4. The Morgan fingerprint density at radius 2 is 1.07 bits per heavy atom. The van der Waals surface area contributed by atoms with Gasteiger partial charge in [-0.15, -0.1) is 0 Å². The van der Waals surface area contributed by atoms with Crippen molar-refractivity contribution < 1.29 is 17.6 Å². The molecule has 0 aliphatic carbocycles. The maximum atomic E-state index is 13.5. The van der Waals surface area contributed by atoms with Crippen molar-refractivity contribution in [2.24, 2.45) is 0 Å². The van der Waals surface area contributed by atoms with E-state index in [0.29, 0.717) is 0 Å². The predicted molar refractivity (Wildman–Crippen MR) is 54.0 cm³/mol. The minimum atomic E-state index is -3.18. The zero-order valence-electron chi connectivity index (χ0n) is 9.01. The standard InChI is InChI=1S/C7H3F4.3CH3.Sn/c1-3-6(10)4(8)2-5(9)7(3)11;;;;/h1H3;3*1H3;. The number of hydrogen-bond donors (Lipinski definition) is 0. The van der Waals surface area contributed by atoms with Crippen molar-refractivity contribution in [3.63, 3.8) is 0 Å². The first-order chi connectivity index (χ1) is 6.68. The van der Waals surface area contributed by atoms with Gasteiger partial charge in [0.15, 0.2) is 0 Å². The molecule has 0 saturated carbocycles. The predicted octanol–water partition coefficient (Wildman–Crippen LogP) is 3.10. The van der Waals surface area contributed by atoms with E-state index in [1.54, 1.807) is 14.8 Å². The maximum absolute atomic E-state index is 13.5. The van der Waals surface area contributed by atoms with Gasteiger partial charge in [-0.25, -0.2) is 0 Å². The third-order valence-electron chi connectivity index (χ3n) is 2.23. The monoisotopic (exact) mass is 328 g/mol. The number of benzene rings is 1. The van der Waals surface area contributed by atoms with Crippen LogP contribution in [0.15, 0.2) is 0 Å². The van der Waals surface area contributed by atoms with Crippen LogP contribution in [0.4, 0.5) is 17.6 Å². The molecule has 0 radical (unpaired) electrons. The van der Waals surface area contributed by atoms with Crippen LogP contribution in [-0.4, -0.2) is 18.4 Å². The van der Waals surface area contributed by atoms with Crippen molar-refractivity contribution in [2.45, 2.75) is 21.7 Å². The van der Waals surface area contributed by atoms with E-state index < -0.39 is 47.2 Å². The molecule has 5 heteroatoms. The molecule has 0 heterocycles. The van der Waals surface area contributed by atoms with Crippen molar-refractivity contribution in [3.8, 4) is 0 Å². The third kappa shape index (κ3) is 2.14. The van der Waals surface area contributed by atoms with Gasteiger partial charge in [0.1, 0.15) is 0 Å². The Balaban J connectivity index is 3.68. The van der Waals surface area contributed by atoms with Gasteiger partial charge < -0.3 is 0 Å². The Hall–Kier alpha value is -0.261. The van der Waals surface area contributed by atoms with Gasteiger partial charge >= 0.3 is 90.1 Å². The average Bonchev–Trinajstić information content (AvgIpc) is 2.09. The average molecular weight is 327 g/mol. The molecule has 0 nitrogen and oxygen atoms in total. The Bertz CT molecular complexity index is 378. The molecule has 0 saturated heterocycles. The van der Waals surface area contributed by atoms with Gasteiger partial charge in [0, 0.05) is 0 Å². The molecule has 0 spiro atoms. The summed E-state index contributed by atoms with van der Waals surface area (Å²) < 4.78 is 53.0. The minimum absolute atomic E-state index is 0.343. The molecule has 84 valence electrons. The van der Waals surface area contributed by atoms with Crippen LogP contribution in [-0.2, 0) is 0 Å². The second-order valence-corrected chi connectivity index (χ2v) is 18.8. The summed E-state index contributed by atoms with van der Waals surface area (Å²) in [4.78, 5) is 5.10. The first-order valence-corrected chi connectivity index (χ1v) is 14.5. The van der Waals surface area contributed by atoms with E-state index >= 15 is 0 Å². The molecular weight excluding hydrogens is 315 g/mol. The van der Waals surface area contributed by atoms with Gasteiger partial charge in [-0.1, -0.05) is 0 Å². The molecule has 0 atom stereocenters. The van der Waals surface area contributed by atoms with Crippen molar-refractivity contribution in [1.29, 1.82) is 0 Å². The van der Waals surface area contributed by atoms with E-state index in [1.165, 1.54) is 0 Å². The molecule has 1 aromatic carbocycles. The second kappa shape index (κ2) is 3.96. The van der Waals surface area contributed by atoms with Crippen LogP contribution >= 0.6 is 0 Å². The summed E-state index contributed by atoms with van der Waals surface area (Å²) in [6, 6.07) is 0. The van der Waals surface area contributed by atoms with Crippen LogP contribution in [0, 0.1) is 30.2 Å². The van der Waals surface area contributed by atoms with Crippen LogP contribution in [0.25, 0.3) is 0 Å². The van der Waals surface area contributed by atoms with Crippen molar-refractivity contribution in [2.75, 3.05) is 0 Å². The topological polar surface area (TPSA) is 0 Å². The van der Waals surface area contributed by atoms with Crippen LogP contribution < -0.4 is 3.58 Å². The van der Waals surface area contributed by atoms with Crippen molar-refractivity contribution in [1.82, 2.24) is 0 Å². The summed E-state index contributed by atoms with van der Waals surface area (Å²) in [5.74, 6) is -4.96. The SMILES string of the molecule is Cc1c(F)c(F)[c]([Sn]([CH3])([CH3])[CH3])c(F)c1F. The Morgan fingerprint density at radius 3 is 1.33 bits per heavy atom. The molecule has 0 aliphatic heterocycles. The molecule has 0 aromatic heterocycles. The van der Waals surface area contributed by atoms with Gasteiger partial charge in [0.2, 0.25) is 0 Å². The fourth-order valence-electron chi connectivity index (χ4n) is 1.40. The molecule has 1 rings (SSSR count). The molecule has 0 unspecified atom stereocenters. The zero-order valence-corrected chi connectivity index (χ0v) is 11.9. The summed E-state index contributed by atoms with van der Waals surface area (Å²) in [5, 5.41) is 0. The summed E-state index contributed by atoms with van der Waals surface area (Å²) in [6.07, 6.45) is 0.